The van der Waals surface area contributed by atoms with E-state index in [0.29, 0.717) is 0 Å². The number of aryl methyl sites for hydroxylation is 2. The number of thiazole rings is 1. The summed E-state index contributed by atoms with van der Waals surface area (Å²) in [6.07, 6.45) is 2.76. The van der Waals surface area contributed by atoms with Gasteiger partial charge in [-0.25, -0.2) is 4.98 Å². The Labute approximate surface area is 99.3 Å². The smallest absolute Gasteiger partial charge is 0.0944 e. The van der Waals surface area contributed by atoms with Crippen molar-refractivity contribution in [1.29, 1.82) is 0 Å². The molecule has 2 aromatic rings. The van der Waals surface area contributed by atoms with Gasteiger partial charge in [0.2, 0.25) is 0 Å². The normalized spacial score (nSPS) is 12.9. The third-order valence-electron chi connectivity index (χ3n) is 2.61. The summed E-state index contributed by atoms with van der Waals surface area (Å²) >= 11 is 1.69. The summed E-state index contributed by atoms with van der Waals surface area (Å²) in [6.45, 7) is 2.01. The maximum Gasteiger partial charge on any atom is 0.0944 e. The quantitative estimate of drug-likeness (QED) is 0.878. The lowest BCUT2D eigenvalue weighted by Crippen LogP contribution is -2.21. The van der Waals surface area contributed by atoms with Gasteiger partial charge in [0.1, 0.15) is 0 Å². The average molecular weight is 236 g/mol. The lowest BCUT2D eigenvalue weighted by atomic mass is 10.1. The highest BCUT2D eigenvalue weighted by Crippen LogP contribution is 2.19. The molecule has 4 nitrogen and oxygen atoms in total. The van der Waals surface area contributed by atoms with Crippen molar-refractivity contribution >= 4 is 11.3 Å². The molecule has 86 valence electrons. The molecule has 0 saturated heterocycles. The third kappa shape index (κ3) is 2.31. The monoisotopic (exact) mass is 236 g/mol. The van der Waals surface area contributed by atoms with Crippen LogP contribution in [0.3, 0.4) is 0 Å². The number of nitrogens with one attached hydrogen (secondary N) is 1. The lowest BCUT2D eigenvalue weighted by molar-refractivity contribution is 0.536. The van der Waals surface area contributed by atoms with E-state index in [1.165, 1.54) is 5.69 Å². The molecule has 0 radical (unpaired) electrons. The highest BCUT2D eigenvalue weighted by molar-refractivity contribution is 7.09. The van der Waals surface area contributed by atoms with Crippen LogP contribution in [-0.2, 0) is 13.5 Å². The maximum atomic E-state index is 4.37. The molecule has 0 amide bonds. The van der Waals surface area contributed by atoms with E-state index in [1.807, 2.05) is 37.3 Å². The zero-order valence-corrected chi connectivity index (χ0v) is 10.6. The molecule has 2 aromatic heterocycles. The first-order valence-corrected chi connectivity index (χ1v) is 6.15. The number of likely N-dealkylation sites (N-methyl/N-ethyl adjacent to an activating group) is 1. The van der Waals surface area contributed by atoms with Crippen molar-refractivity contribution in [2.45, 2.75) is 19.4 Å². The van der Waals surface area contributed by atoms with E-state index in [2.05, 4.69) is 21.5 Å². The van der Waals surface area contributed by atoms with E-state index < -0.39 is 0 Å². The number of hydrogen-bond donors (Lipinski definition) is 1. The molecule has 0 spiro atoms. The predicted molar refractivity (Wildman–Crippen MR) is 65.6 cm³/mol. The molecule has 0 aromatic carbocycles. The standard InChI is InChI=1S/C11H16N4S/c1-8-6-10(15(3)14-8)9(12-2)7-11-13-4-5-16-11/h4-6,9,12H,7H2,1-3H3. The molecular formula is C11H16N4S. The molecule has 2 heterocycles. The molecule has 1 unspecified atom stereocenters. The second kappa shape index (κ2) is 4.76. The molecule has 2 rings (SSSR count). The van der Waals surface area contributed by atoms with E-state index in [-0.39, 0.29) is 6.04 Å². The van der Waals surface area contributed by atoms with Gasteiger partial charge in [0.25, 0.3) is 0 Å². The molecule has 0 fully saturated rings. The molecular weight excluding hydrogens is 220 g/mol. The topological polar surface area (TPSA) is 42.7 Å². The third-order valence-corrected chi connectivity index (χ3v) is 3.41. The Morgan fingerprint density at radius 3 is 2.88 bits per heavy atom. The molecule has 1 N–H and O–H groups in total. The van der Waals surface area contributed by atoms with Crippen LogP contribution in [0, 0.1) is 6.92 Å². The van der Waals surface area contributed by atoms with Crippen molar-refractivity contribution in [3.05, 3.63) is 34.0 Å². The Balaban J connectivity index is 2.19. The Bertz CT molecular complexity index is 447. The van der Waals surface area contributed by atoms with Gasteiger partial charge in [-0.2, -0.15) is 5.10 Å². The zero-order chi connectivity index (χ0) is 11.5. The zero-order valence-electron chi connectivity index (χ0n) is 9.77. The number of nitrogens with zero attached hydrogens (tertiary/aromatic N) is 3. The second-order valence-electron chi connectivity index (χ2n) is 3.81. The molecule has 0 aliphatic carbocycles. The molecule has 5 heteroatoms. The summed E-state index contributed by atoms with van der Waals surface area (Å²) in [6, 6.07) is 2.40. The minimum atomic E-state index is 0.275. The SMILES string of the molecule is CNC(Cc1nccs1)c1cc(C)nn1C. The van der Waals surface area contributed by atoms with Crippen molar-refractivity contribution in [1.82, 2.24) is 20.1 Å². The Morgan fingerprint density at radius 2 is 2.38 bits per heavy atom. The van der Waals surface area contributed by atoms with E-state index in [4.69, 9.17) is 0 Å². The van der Waals surface area contributed by atoms with Crippen LogP contribution in [0.15, 0.2) is 17.6 Å². The van der Waals surface area contributed by atoms with Gasteiger partial charge in [0.05, 0.1) is 22.4 Å². The average Bonchev–Trinajstić information content (AvgIpc) is 2.85. The van der Waals surface area contributed by atoms with Crippen LogP contribution < -0.4 is 5.32 Å². The highest BCUT2D eigenvalue weighted by atomic mass is 32.1. The summed E-state index contributed by atoms with van der Waals surface area (Å²) in [5, 5.41) is 10.8. The summed E-state index contributed by atoms with van der Waals surface area (Å²) in [5.41, 5.74) is 2.26. The number of hydrogen-bond acceptors (Lipinski definition) is 4. The first-order chi connectivity index (χ1) is 7.70. The van der Waals surface area contributed by atoms with Gasteiger partial charge >= 0.3 is 0 Å². The fraction of sp³-hybridized carbons (Fsp3) is 0.455. The Hall–Kier alpha value is -1.20. The van der Waals surface area contributed by atoms with Gasteiger partial charge in [-0.05, 0) is 20.0 Å². The van der Waals surface area contributed by atoms with Crippen molar-refractivity contribution in [2.24, 2.45) is 7.05 Å². The van der Waals surface area contributed by atoms with E-state index in [1.54, 1.807) is 11.3 Å². The van der Waals surface area contributed by atoms with Gasteiger partial charge in [0.15, 0.2) is 0 Å². The fourth-order valence-corrected chi connectivity index (χ4v) is 2.50. The van der Waals surface area contributed by atoms with Crippen LogP contribution in [0.5, 0.6) is 0 Å². The van der Waals surface area contributed by atoms with Gasteiger partial charge in [-0.3, -0.25) is 4.68 Å². The highest BCUT2D eigenvalue weighted by Gasteiger charge is 2.15. The first-order valence-electron chi connectivity index (χ1n) is 5.27. The van der Waals surface area contributed by atoms with Gasteiger partial charge < -0.3 is 5.32 Å². The summed E-state index contributed by atoms with van der Waals surface area (Å²) in [7, 11) is 3.95. The number of aromatic nitrogens is 3. The van der Waals surface area contributed by atoms with Crippen LogP contribution in [0.1, 0.15) is 22.4 Å². The molecule has 1 atom stereocenters. The van der Waals surface area contributed by atoms with Crippen LogP contribution in [0.4, 0.5) is 0 Å². The second-order valence-corrected chi connectivity index (χ2v) is 4.78. The van der Waals surface area contributed by atoms with Crippen molar-refractivity contribution in [2.75, 3.05) is 7.05 Å². The molecule has 0 saturated carbocycles. The lowest BCUT2D eigenvalue weighted by Gasteiger charge is -2.14. The Kier molecular flexibility index (Phi) is 3.36. The van der Waals surface area contributed by atoms with Gasteiger partial charge in [0, 0.05) is 25.0 Å². The molecule has 0 bridgehead atoms. The fourth-order valence-electron chi connectivity index (χ4n) is 1.84. The predicted octanol–water partition coefficient (Wildman–Crippen LogP) is 1.69. The van der Waals surface area contributed by atoms with E-state index in [9.17, 15) is 0 Å². The van der Waals surface area contributed by atoms with Gasteiger partial charge in [-0.1, -0.05) is 0 Å². The maximum absolute atomic E-state index is 4.37. The van der Waals surface area contributed by atoms with Crippen molar-refractivity contribution < 1.29 is 0 Å². The minimum absolute atomic E-state index is 0.275. The van der Waals surface area contributed by atoms with Gasteiger partial charge in [-0.15, -0.1) is 11.3 Å². The van der Waals surface area contributed by atoms with Crippen LogP contribution in [0.2, 0.25) is 0 Å². The van der Waals surface area contributed by atoms with E-state index >= 15 is 0 Å². The van der Waals surface area contributed by atoms with E-state index in [0.717, 1.165) is 17.1 Å². The summed E-state index contributed by atoms with van der Waals surface area (Å²) in [4.78, 5) is 4.31. The van der Waals surface area contributed by atoms with Crippen LogP contribution in [-0.4, -0.2) is 21.8 Å². The Morgan fingerprint density at radius 1 is 1.56 bits per heavy atom. The summed E-state index contributed by atoms with van der Waals surface area (Å²) in [5.74, 6) is 0. The van der Waals surface area contributed by atoms with Crippen molar-refractivity contribution in [3.8, 4) is 0 Å². The van der Waals surface area contributed by atoms with Crippen molar-refractivity contribution in [3.63, 3.8) is 0 Å². The molecule has 16 heavy (non-hydrogen) atoms. The number of rotatable bonds is 4. The summed E-state index contributed by atoms with van der Waals surface area (Å²) < 4.78 is 1.93. The first kappa shape index (κ1) is 11.3. The van der Waals surface area contributed by atoms with Crippen LogP contribution in [0.25, 0.3) is 0 Å². The largest absolute Gasteiger partial charge is 0.311 e. The van der Waals surface area contributed by atoms with Crippen LogP contribution >= 0.6 is 11.3 Å². The molecule has 0 aliphatic heterocycles. The molecule has 0 aliphatic rings. The minimum Gasteiger partial charge on any atom is -0.311 e.